The average Bonchev–Trinajstić information content (AvgIpc) is 2.54. The number of benzene rings is 2. The molecule has 0 saturated carbocycles. The zero-order valence-electron chi connectivity index (χ0n) is 13.0. The third kappa shape index (κ3) is 3.56. The topological polar surface area (TPSA) is 26.3 Å². The van der Waals surface area contributed by atoms with Gasteiger partial charge in [0, 0.05) is 0 Å². The summed E-state index contributed by atoms with van der Waals surface area (Å²) in [5.74, 6) is 0.00762. The van der Waals surface area contributed by atoms with Gasteiger partial charge in [0.05, 0.1) is 5.92 Å². The maximum atomic E-state index is 12.2. The summed E-state index contributed by atoms with van der Waals surface area (Å²) in [6.45, 7) is 2.10. The van der Waals surface area contributed by atoms with Crippen molar-refractivity contribution >= 4 is 5.97 Å². The summed E-state index contributed by atoms with van der Waals surface area (Å²) in [7, 11) is 0. The lowest BCUT2D eigenvalue weighted by Crippen LogP contribution is -2.27. The van der Waals surface area contributed by atoms with Gasteiger partial charge in [0.2, 0.25) is 0 Å². The molecule has 0 N–H and O–H groups in total. The fraction of sp³-hybridized carbons (Fsp3) is 0.350. The summed E-state index contributed by atoms with van der Waals surface area (Å²) < 4.78 is 5.66. The number of rotatable bonds is 4. The maximum Gasteiger partial charge on any atom is 0.309 e. The van der Waals surface area contributed by atoms with Gasteiger partial charge >= 0.3 is 5.97 Å². The molecule has 0 radical (unpaired) electrons. The standard InChI is InChI=1S/C20H22O2/c1-15-6-5-7-16(14-15)10-11-18-12-13-19(22-20(18)21)17-8-3-2-4-9-17/h2-9,14,18-19H,10-13H2,1H3/t18?,19-/m0/s1. The van der Waals surface area contributed by atoms with Crippen molar-refractivity contribution in [3.05, 3.63) is 71.3 Å². The van der Waals surface area contributed by atoms with Crippen molar-refractivity contribution in [3.63, 3.8) is 0 Å². The van der Waals surface area contributed by atoms with E-state index in [4.69, 9.17) is 4.74 Å². The summed E-state index contributed by atoms with van der Waals surface area (Å²) in [6, 6.07) is 18.5. The van der Waals surface area contributed by atoms with Crippen LogP contribution in [0.15, 0.2) is 54.6 Å². The van der Waals surface area contributed by atoms with Crippen molar-refractivity contribution < 1.29 is 9.53 Å². The third-order valence-electron chi connectivity index (χ3n) is 4.40. The number of cyclic esters (lactones) is 1. The van der Waals surface area contributed by atoms with Crippen molar-refractivity contribution in [2.45, 2.75) is 38.7 Å². The monoisotopic (exact) mass is 294 g/mol. The van der Waals surface area contributed by atoms with Gasteiger partial charge in [-0.15, -0.1) is 0 Å². The molecule has 2 aromatic rings. The van der Waals surface area contributed by atoms with E-state index in [1.807, 2.05) is 30.3 Å². The van der Waals surface area contributed by atoms with Crippen molar-refractivity contribution in [2.24, 2.45) is 5.92 Å². The highest BCUT2D eigenvalue weighted by Crippen LogP contribution is 2.33. The van der Waals surface area contributed by atoms with Crippen molar-refractivity contribution in [1.29, 1.82) is 0 Å². The molecule has 0 aliphatic carbocycles. The molecule has 0 bridgehead atoms. The Kier molecular flexibility index (Phi) is 4.57. The molecule has 2 nitrogen and oxygen atoms in total. The zero-order valence-corrected chi connectivity index (χ0v) is 13.0. The fourth-order valence-corrected chi connectivity index (χ4v) is 3.14. The quantitative estimate of drug-likeness (QED) is 0.769. The lowest BCUT2D eigenvalue weighted by molar-refractivity contribution is -0.161. The van der Waals surface area contributed by atoms with E-state index in [9.17, 15) is 4.79 Å². The number of hydrogen-bond acceptors (Lipinski definition) is 2. The Morgan fingerprint density at radius 1 is 1.05 bits per heavy atom. The number of aryl methyl sites for hydroxylation is 2. The van der Waals surface area contributed by atoms with Crippen LogP contribution >= 0.6 is 0 Å². The first-order chi connectivity index (χ1) is 10.7. The van der Waals surface area contributed by atoms with Gasteiger partial charge in [-0.2, -0.15) is 0 Å². The Hall–Kier alpha value is -2.09. The second kappa shape index (κ2) is 6.78. The predicted octanol–water partition coefficient (Wildman–Crippen LogP) is 4.62. The fourth-order valence-electron chi connectivity index (χ4n) is 3.14. The second-order valence-electron chi connectivity index (χ2n) is 6.14. The zero-order chi connectivity index (χ0) is 15.4. The summed E-state index contributed by atoms with van der Waals surface area (Å²) in [4.78, 5) is 12.2. The van der Waals surface area contributed by atoms with E-state index in [0.717, 1.165) is 31.2 Å². The highest BCUT2D eigenvalue weighted by atomic mass is 16.5. The Bertz CT molecular complexity index is 633. The summed E-state index contributed by atoms with van der Waals surface area (Å²) in [5, 5.41) is 0. The Balaban J connectivity index is 1.56. The minimum Gasteiger partial charge on any atom is -0.457 e. The number of carbonyl (C=O) groups excluding carboxylic acids is 1. The van der Waals surface area contributed by atoms with Gasteiger partial charge in [-0.3, -0.25) is 4.79 Å². The number of ether oxygens (including phenoxy) is 1. The van der Waals surface area contributed by atoms with E-state index in [-0.39, 0.29) is 18.0 Å². The molecule has 1 aliphatic heterocycles. The molecule has 2 heteroatoms. The van der Waals surface area contributed by atoms with E-state index in [2.05, 4.69) is 31.2 Å². The molecular formula is C20H22O2. The molecule has 2 aromatic carbocycles. The van der Waals surface area contributed by atoms with Crippen LogP contribution in [0.25, 0.3) is 0 Å². The van der Waals surface area contributed by atoms with Gasteiger partial charge in [0.15, 0.2) is 0 Å². The maximum absolute atomic E-state index is 12.2. The Morgan fingerprint density at radius 3 is 2.59 bits per heavy atom. The molecular weight excluding hydrogens is 272 g/mol. The van der Waals surface area contributed by atoms with Crippen molar-refractivity contribution in [3.8, 4) is 0 Å². The van der Waals surface area contributed by atoms with Crippen molar-refractivity contribution in [2.75, 3.05) is 0 Å². The van der Waals surface area contributed by atoms with E-state index in [1.54, 1.807) is 0 Å². The van der Waals surface area contributed by atoms with Crippen LogP contribution in [0.1, 0.15) is 42.1 Å². The van der Waals surface area contributed by atoms with Crippen LogP contribution in [-0.2, 0) is 16.0 Å². The molecule has 1 saturated heterocycles. The highest BCUT2D eigenvalue weighted by Gasteiger charge is 2.30. The Labute approximate surface area is 132 Å². The molecule has 1 aliphatic rings. The van der Waals surface area contributed by atoms with Gasteiger partial charge in [-0.05, 0) is 43.7 Å². The molecule has 0 aromatic heterocycles. The molecule has 3 rings (SSSR count). The first-order valence-electron chi connectivity index (χ1n) is 8.03. The summed E-state index contributed by atoms with van der Waals surface area (Å²) >= 11 is 0. The highest BCUT2D eigenvalue weighted by molar-refractivity contribution is 5.73. The van der Waals surface area contributed by atoms with Crippen LogP contribution in [-0.4, -0.2) is 5.97 Å². The smallest absolute Gasteiger partial charge is 0.309 e. The van der Waals surface area contributed by atoms with Crippen LogP contribution in [0, 0.1) is 12.8 Å². The minimum atomic E-state index is -0.0658. The predicted molar refractivity (Wildman–Crippen MR) is 87.5 cm³/mol. The molecule has 22 heavy (non-hydrogen) atoms. The molecule has 0 spiro atoms. The lowest BCUT2D eigenvalue weighted by Gasteiger charge is -2.28. The summed E-state index contributed by atoms with van der Waals surface area (Å²) in [5.41, 5.74) is 3.68. The first kappa shape index (κ1) is 14.8. The van der Waals surface area contributed by atoms with Crippen LogP contribution in [0.4, 0.5) is 0 Å². The SMILES string of the molecule is Cc1cccc(CCC2CC[C@@H](c3ccccc3)OC2=O)c1. The van der Waals surface area contributed by atoms with E-state index < -0.39 is 0 Å². The van der Waals surface area contributed by atoms with Gasteiger partial charge in [0.1, 0.15) is 6.10 Å². The van der Waals surface area contributed by atoms with Crippen LogP contribution in [0.5, 0.6) is 0 Å². The normalized spacial score (nSPS) is 21.4. The van der Waals surface area contributed by atoms with Gasteiger partial charge in [0.25, 0.3) is 0 Å². The molecule has 0 amide bonds. The first-order valence-corrected chi connectivity index (χ1v) is 8.03. The number of esters is 1. The average molecular weight is 294 g/mol. The molecule has 1 heterocycles. The van der Waals surface area contributed by atoms with Crippen LogP contribution < -0.4 is 0 Å². The molecule has 1 unspecified atom stereocenters. The van der Waals surface area contributed by atoms with Crippen LogP contribution in [0.3, 0.4) is 0 Å². The third-order valence-corrected chi connectivity index (χ3v) is 4.40. The van der Waals surface area contributed by atoms with Gasteiger partial charge < -0.3 is 4.74 Å². The number of hydrogen-bond donors (Lipinski definition) is 0. The van der Waals surface area contributed by atoms with E-state index in [1.165, 1.54) is 11.1 Å². The lowest BCUT2D eigenvalue weighted by atomic mass is 9.89. The molecule has 114 valence electrons. The largest absolute Gasteiger partial charge is 0.457 e. The van der Waals surface area contributed by atoms with E-state index >= 15 is 0 Å². The van der Waals surface area contributed by atoms with Gasteiger partial charge in [-0.1, -0.05) is 60.2 Å². The van der Waals surface area contributed by atoms with Gasteiger partial charge in [-0.25, -0.2) is 0 Å². The number of carbonyl (C=O) groups is 1. The molecule has 2 atom stereocenters. The second-order valence-corrected chi connectivity index (χ2v) is 6.14. The minimum absolute atomic E-state index is 0.0345. The summed E-state index contributed by atoms with van der Waals surface area (Å²) in [6.07, 6.45) is 3.60. The van der Waals surface area contributed by atoms with E-state index in [0.29, 0.717) is 0 Å². The van der Waals surface area contributed by atoms with Crippen molar-refractivity contribution in [1.82, 2.24) is 0 Å². The molecule has 1 fully saturated rings. The Morgan fingerprint density at radius 2 is 1.86 bits per heavy atom. The van der Waals surface area contributed by atoms with Crippen LogP contribution in [0.2, 0.25) is 0 Å².